The number of aryl methyl sites for hydroxylation is 1. The van der Waals surface area contributed by atoms with E-state index >= 15 is 0 Å². The molecule has 1 aromatic rings. The van der Waals surface area contributed by atoms with Crippen molar-refractivity contribution in [2.75, 3.05) is 5.75 Å². The van der Waals surface area contributed by atoms with Gasteiger partial charge in [-0.1, -0.05) is 61.5 Å². The fourth-order valence-corrected chi connectivity index (χ4v) is 5.83. The summed E-state index contributed by atoms with van der Waals surface area (Å²) in [5, 5.41) is 15.7. The first-order valence-electron chi connectivity index (χ1n) is 10.7. The second-order valence-corrected chi connectivity index (χ2v) is 11.5. The molecule has 8 heteroatoms. The van der Waals surface area contributed by atoms with Crippen LogP contribution < -0.4 is 0 Å². The number of carbonyl (C=O) groups is 1. The smallest absolute Gasteiger partial charge is 0.300 e. The van der Waals surface area contributed by atoms with E-state index in [-0.39, 0.29) is 11.2 Å². The van der Waals surface area contributed by atoms with Crippen LogP contribution in [0.5, 0.6) is 0 Å². The normalized spacial score (nSPS) is 22.9. The van der Waals surface area contributed by atoms with Crippen LogP contribution >= 0.6 is 11.8 Å². The molecule has 170 valence electrons. The Morgan fingerprint density at radius 2 is 2.06 bits per heavy atom. The van der Waals surface area contributed by atoms with E-state index in [1.165, 1.54) is 11.8 Å². The van der Waals surface area contributed by atoms with Crippen LogP contribution in [0.2, 0.25) is 0 Å². The molecule has 0 amide bonds. The average Bonchev–Trinajstić information content (AvgIpc) is 3.29. The Kier molecular flexibility index (Phi) is 7.63. The lowest BCUT2D eigenvalue weighted by molar-refractivity contribution is -0.118. The van der Waals surface area contributed by atoms with Gasteiger partial charge in [0.25, 0.3) is 0 Å². The van der Waals surface area contributed by atoms with Gasteiger partial charge in [-0.3, -0.25) is 9.08 Å². The third-order valence-electron chi connectivity index (χ3n) is 6.10. The lowest BCUT2D eigenvalue weighted by Crippen LogP contribution is -2.17. The van der Waals surface area contributed by atoms with Gasteiger partial charge in [0.05, 0.1) is 11.3 Å². The van der Waals surface area contributed by atoms with Gasteiger partial charge in [-0.05, 0) is 53.7 Å². The Bertz CT molecular complexity index is 1120. The van der Waals surface area contributed by atoms with E-state index in [1.54, 1.807) is 11.5 Å². The molecule has 1 heterocycles. The number of allylic oxidation sites excluding steroid dienone is 2. The number of thioether (sulfide) groups is 1. The van der Waals surface area contributed by atoms with Crippen molar-refractivity contribution in [3.05, 3.63) is 52.4 Å². The third kappa shape index (κ3) is 5.90. The molecule has 6 nitrogen and oxygen atoms in total. The number of Topliss-reactive ketones (excluding diaryl/α,β-unsaturated/α-hetero) is 1. The summed E-state index contributed by atoms with van der Waals surface area (Å²) >= 11 is 1.22. The van der Waals surface area contributed by atoms with Crippen LogP contribution in [0.15, 0.2) is 46.5 Å². The summed E-state index contributed by atoms with van der Waals surface area (Å²) in [6, 6.07) is 9.73. The van der Waals surface area contributed by atoms with E-state index in [1.807, 2.05) is 31.2 Å². The number of carbonyl (C=O) groups excluding carboxylic acids is 1. The number of benzene rings is 1. The van der Waals surface area contributed by atoms with Crippen LogP contribution in [0.25, 0.3) is 5.57 Å². The molecular formula is C24H28N2O4S2. The average molecular weight is 473 g/mol. The van der Waals surface area contributed by atoms with E-state index in [0.29, 0.717) is 53.6 Å². The van der Waals surface area contributed by atoms with Gasteiger partial charge in [0.15, 0.2) is 0 Å². The maximum Gasteiger partial charge on any atom is 0.328 e. The van der Waals surface area contributed by atoms with Crippen LogP contribution in [0, 0.1) is 29.6 Å². The molecule has 1 unspecified atom stereocenters. The molecular weight excluding hydrogens is 444 g/mol. The highest BCUT2D eigenvalue weighted by Gasteiger charge is 2.38. The van der Waals surface area contributed by atoms with Gasteiger partial charge < -0.3 is 0 Å². The molecule has 0 aromatic heterocycles. The van der Waals surface area contributed by atoms with Crippen LogP contribution in [-0.4, -0.2) is 25.0 Å². The van der Waals surface area contributed by atoms with Gasteiger partial charge in [-0.15, -0.1) is 0 Å². The summed E-state index contributed by atoms with van der Waals surface area (Å²) in [4.78, 5) is 11.7. The molecule has 0 N–H and O–H groups in total. The fraction of sp³-hybridized carbons (Fsp3) is 0.458. The first kappa shape index (κ1) is 24.3. The van der Waals surface area contributed by atoms with Crippen molar-refractivity contribution in [1.82, 2.24) is 0 Å². The minimum atomic E-state index is -3.83. The lowest BCUT2D eigenvalue weighted by Gasteiger charge is -2.25. The number of oxime groups is 1. The zero-order valence-electron chi connectivity index (χ0n) is 18.6. The molecule has 1 atom stereocenters. The van der Waals surface area contributed by atoms with Crippen LogP contribution in [0.1, 0.15) is 57.1 Å². The van der Waals surface area contributed by atoms with E-state index in [2.05, 4.69) is 25.1 Å². The molecule has 1 fully saturated rings. The Morgan fingerprint density at radius 1 is 1.31 bits per heavy atom. The number of hydrogen-bond donors (Lipinski definition) is 0. The van der Waals surface area contributed by atoms with Crippen molar-refractivity contribution in [3.63, 3.8) is 0 Å². The van der Waals surface area contributed by atoms with Gasteiger partial charge in [0, 0.05) is 18.4 Å². The van der Waals surface area contributed by atoms with Gasteiger partial charge in [0.2, 0.25) is 0 Å². The summed E-state index contributed by atoms with van der Waals surface area (Å²) in [5.74, 6) is 0.462. The van der Waals surface area contributed by atoms with Gasteiger partial charge in [-0.2, -0.15) is 13.7 Å². The summed E-state index contributed by atoms with van der Waals surface area (Å²) in [5.41, 5.74) is 2.69. The standard InChI is InChI=1S/C24H28N2O4S2/c1-17-8-4-5-10-20(17)22(16-25)21-11-12-31-23(21)26-30-32(28,29)13-7-6-9-18-14-19(27)15-24(18,2)3/h4-5,8,10-12,18H,6-7,9,13-15H2,1-3H3/b22-21-,26-23-. The number of nitriles is 1. The van der Waals surface area contributed by atoms with Gasteiger partial charge >= 0.3 is 10.1 Å². The molecule has 1 aliphatic carbocycles. The maximum absolute atomic E-state index is 12.3. The number of rotatable bonds is 8. The number of nitrogens with zero attached hydrogens (tertiary/aromatic N) is 2. The Balaban J connectivity index is 1.61. The SMILES string of the molecule is Cc1ccccc1/C(C#N)=C1/C=CS/C1=N\OS(=O)(=O)CCCCC1CC(=O)CC1(C)C. The van der Waals surface area contributed by atoms with Crippen LogP contribution in [0.3, 0.4) is 0 Å². The minimum Gasteiger partial charge on any atom is -0.300 e. The van der Waals surface area contributed by atoms with E-state index in [9.17, 15) is 18.5 Å². The highest BCUT2D eigenvalue weighted by atomic mass is 32.2. The summed E-state index contributed by atoms with van der Waals surface area (Å²) in [6.45, 7) is 6.12. The molecule has 32 heavy (non-hydrogen) atoms. The van der Waals surface area contributed by atoms with Crippen molar-refractivity contribution >= 4 is 38.3 Å². The predicted molar refractivity (Wildman–Crippen MR) is 128 cm³/mol. The van der Waals surface area contributed by atoms with E-state index in [0.717, 1.165) is 17.5 Å². The topological polar surface area (TPSA) is 96.6 Å². The molecule has 1 aliphatic heterocycles. The van der Waals surface area contributed by atoms with Crippen LogP contribution in [0.4, 0.5) is 0 Å². The first-order valence-corrected chi connectivity index (χ1v) is 13.1. The molecule has 0 bridgehead atoms. The van der Waals surface area contributed by atoms with Crippen molar-refractivity contribution in [2.24, 2.45) is 16.5 Å². The molecule has 1 saturated carbocycles. The van der Waals surface area contributed by atoms with Crippen molar-refractivity contribution in [2.45, 2.75) is 52.9 Å². The Hall–Kier alpha value is -2.37. The highest BCUT2D eigenvalue weighted by Crippen LogP contribution is 2.43. The fourth-order valence-electron chi connectivity index (χ4n) is 4.25. The summed E-state index contributed by atoms with van der Waals surface area (Å²) < 4.78 is 29.6. The predicted octanol–water partition coefficient (Wildman–Crippen LogP) is 5.37. The highest BCUT2D eigenvalue weighted by molar-refractivity contribution is 8.17. The second-order valence-electron chi connectivity index (χ2n) is 8.97. The second kappa shape index (κ2) is 10.1. The lowest BCUT2D eigenvalue weighted by atomic mass is 9.79. The molecule has 0 spiro atoms. The zero-order valence-corrected chi connectivity index (χ0v) is 20.3. The quantitative estimate of drug-likeness (QED) is 0.287. The third-order valence-corrected chi connectivity index (χ3v) is 7.98. The monoisotopic (exact) mass is 472 g/mol. The molecule has 2 aliphatic rings. The van der Waals surface area contributed by atoms with E-state index in [4.69, 9.17) is 4.28 Å². The Labute approximate surface area is 194 Å². The largest absolute Gasteiger partial charge is 0.328 e. The summed E-state index contributed by atoms with van der Waals surface area (Å²) in [6.07, 6.45) is 4.94. The molecule has 1 aromatic carbocycles. The maximum atomic E-state index is 12.3. The number of unbranched alkanes of at least 4 members (excludes halogenated alkanes) is 1. The van der Waals surface area contributed by atoms with Crippen molar-refractivity contribution < 1.29 is 17.5 Å². The first-order chi connectivity index (χ1) is 15.1. The van der Waals surface area contributed by atoms with Crippen LogP contribution in [-0.2, 0) is 19.2 Å². The molecule has 3 rings (SSSR count). The van der Waals surface area contributed by atoms with Crippen molar-refractivity contribution in [3.8, 4) is 6.07 Å². The number of ketones is 1. The molecule has 0 radical (unpaired) electrons. The molecule has 0 saturated heterocycles. The Morgan fingerprint density at radius 3 is 2.72 bits per heavy atom. The minimum absolute atomic E-state index is 0.0105. The summed E-state index contributed by atoms with van der Waals surface area (Å²) in [7, 11) is -3.83. The van der Waals surface area contributed by atoms with Gasteiger partial charge in [0.1, 0.15) is 16.9 Å². The van der Waals surface area contributed by atoms with Gasteiger partial charge in [-0.25, -0.2) is 0 Å². The number of hydrogen-bond acceptors (Lipinski definition) is 7. The van der Waals surface area contributed by atoms with E-state index < -0.39 is 10.1 Å². The van der Waals surface area contributed by atoms with Crippen molar-refractivity contribution in [1.29, 1.82) is 5.26 Å². The zero-order chi connectivity index (χ0) is 23.4.